The van der Waals surface area contributed by atoms with Crippen LogP contribution in [0.5, 0.6) is 11.5 Å². The highest BCUT2D eigenvalue weighted by Gasteiger charge is 2.31. The predicted octanol–water partition coefficient (Wildman–Crippen LogP) is 4.73. The molecule has 1 amide bonds. The number of phenolic OH excluding ortho intramolecular Hbond substituents is 1. The standard InChI is InChI=1S/C20H24F3N3O4/c1-19(2,3)30-18(28)25-8-6-14(7-9-25)26-12-13(11-24-26)16-10-15(4-5-17(16)27)29-20(21,22)23/h4-5,10-12,14,27H,6-9H2,1-3H3. The van der Waals surface area contributed by atoms with Crippen LogP contribution in [0.3, 0.4) is 0 Å². The number of rotatable bonds is 3. The summed E-state index contributed by atoms with van der Waals surface area (Å²) in [6.07, 6.45) is -0.714. The first-order chi connectivity index (χ1) is 13.9. The fourth-order valence-electron chi connectivity index (χ4n) is 3.26. The maximum absolute atomic E-state index is 12.5. The highest BCUT2D eigenvalue weighted by molar-refractivity contribution is 5.70. The van der Waals surface area contributed by atoms with Crippen molar-refractivity contribution >= 4 is 6.09 Å². The first-order valence-electron chi connectivity index (χ1n) is 9.52. The van der Waals surface area contributed by atoms with Crippen molar-refractivity contribution in [3.05, 3.63) is 30.6 Å². The SMILES string of the molecule is CC(C)(C)OC(=O)N1CCC(n2cc(-c3cc(OC(F)(F)F)ccc3O)cn2)CC1. The molecule has 1 N–H and O–H groups in total. The van der Waals surface area contributed by atoms with Gasteiger partial charge in [-0.05, 0) is 51.8 Å². The lowest BCUT2D eigenvalue weighted by molar-refractivity contribution is -0.274. The average Bonchev–Trinajstić information content (AvgIpc) is 3.11. The van der Waals surface area contributed by atoms with Gasteiger partial charge in [0.25, 0.3) is 0 Å². The quantitative estimate of drug-likeness (QED) is 0.767. The van der Waals surface area contributed by atoms with Crippen molar-refractivity contribution in [1.29, 1.82) is 0 Å². The summed E-state index contributed by atoms with van der Waals surface area (Å²) in [4.78, 5) is 13.8. The first-order valence-corrected chi connectivity index (χ1v) is 9.52. The van der Waals surface area contributed by atoms with E-state index in [4.69, 9.17) is 4.74 Å². The molecule has 30 heavy (non-hydrogen) atoms. The van der Waals surface area contributed by atoms with Crippen LogP contribution in [0.25, 0.3) is 11.1 Å². The lowest BCUT2D eigenvalue weighted by Gasteiger charge is -2.33. The van der Waals surface area contributed by atoms with Gasteiger partial charge in [0.05, 0.1) is 12.2 Å². The summed E-state index contributed by atoms with van der Waals surface area (Å²) in [6.45, 7) is 6.46. The number of amides is 1. The Morgan fingerprint density at radius 3 is 2.47 bits per heavy atom. The van der Waals surface area contributed by atoms with Crippen molar-refractivity contribution in [2.24, 2.45) is 0 Å². The number of alkyl halides is 3. The topological polar surface area (TPSA) is 76.8 Å². The summed E-state index contributed by atoms with van der Waals surface area (Å²) < 4.78 is 48.4. The summed E-state index contributed by atoms with van der Waals surface area (Å²) in [5.41, 5.74) is 0.0980. The van der Waals surface area contributed by atoms with E-state index in [1.807, 2.05) is 20.8 Å². The highest BCUT2D eigenvalue weighted by Crippen LogP contribution is 2.35. The molecule has 0 radical (unpaired) electrons. The fraction of sp³-hybridized carbons (Fsp3) is 0.500. The number of aromatic nitrogens is 2. The zero-order valence-corrected chi connectivity index (χ0v) is 16.9. The van der Waals surface area contributed by atoms with E-state index in [0.29, 0.717) is 31.5 Å². The molecule has 0 aliphatic carbocycles. The van der Waals surface area contributed by atoms with E-state index in [1.54, 1.807) is 15.8 Å². The van der Waals surface area contributed by atoms with Gasteiger partial charge in [-0.25, -0.2) is 4.79 Å². The van der Waals surface area contributed by atoms with Crippen molar-refractivity contribution in [3.8, 4) is 22.6 Å². The summed E-state index contributed by atoms with van der Waals surface area (Å²) in [5.74, 6) is -0.600. The van der Waals surface area contributed by atoms with Gasteiger partial charge in [0.1, 0.15) is 17.1 Å². The van der Waals surface area contributed by atoms with Gasteiger partial charge in [-0.1, -0.05) is 0 Å². The van der Waals surface area contributed by atoms with E-state index in [0.717, 1.165) is 18.2 Å². The Balaban J connectivity index is 1.68. The van der Waals surface area contributed by atoms with E-state index in [2.05, 4.69) is 9.84 Å². The van der Waals surface area contributed by atoms with Gasteiger partial charge in [0.15, 0.2) is 0 Å². The van der Waals surface area contributed by atoms with Crippen LogP contribution in [-0.4, -0.2) is 50.9 Å². The zero-order valence-electron chi connectivity index (χ0n) is 16.9. The fourth-order valence-corrected chi connectivity index (χ4v) is 3.26. The molecule has 2 aromatic rings. The normalized spacial score (nSPS) is 15.9. The van der Waals surface area contributed by atoms with E-state index < -0.39 is 17.7 Å². The molecule has 164 valence electrons. The molecule has 1 saturated heterocycles. The third kappa shape index (κ3) is 5.58. The number of carbonyl (C=O) groups is 1. The minimum absolute atomic E-state index is 0.0224. The summed E-state index contributed by atoms with van der Waals surface area (Å²) in [5, 5.41) is 14.4. The molecular weight excluding hydrogens is 403 g/mol. The second-order valence-electron chi connectivity index (χ2n) is 8.13. The second kappa shape index (κ2) is 8.08. The van der Waals surface area contributed by atoms with Gasteiger partial charge in [-0.3, -0.25) is 4.68 Å². The molecule has 10 heteroatoms. The smallest absolute Gasteiger partial charge is 0.507 e. The Morgan fingerprint density at radius 2 is 1.87 bits per heavy atom. The Labute approximate surface area is 172 Å². The van der Waals surface area contributed by atoms with Crippen molar-refractivity contribution < 1.29 is 32.5 Å². The lowest BCUT2D eigenvalue weighted by atomic mass is 10.1. The second-order valence-corrected chi connectivity index (χ2v) is 8.13. The number of benzene rings is 1. The molecule has 1 aliphatic rings. The van der Waals surface area contributed by atoms with Crippen LogP contribution in [0, 0.1) is 0 Å². The number of hydrogen-bond donors (Lipinski definition) is 1. The number of halogens is 3. The van der Waals surface area contributed by atoms with Crippen LogP contribution in [0.2, 0.25) is 0 Å². The molecule has 0 unspecified atom stereocenters. The molecule has 1 aliphatic heterocycles. The zero-order chi connectivity index (χ0) is 22.1. The Morgan fingerprint density at radius 1 is 1.20 bits per heavy atom. The van der Waals surface area contributed by atoms with Gasteiger partial charge >= 0.3 is 12.5 Å². The predicted molar refractivity (Wildman–Crippen MR) is 102 cm³/mol. The molecule has 0 bridgehead atoms. The van der Waals surface area contributed by atoms with Gasteiger partial charge in [-0.15, -0.1) is 13.2 Å². The number of ether oxygens (including phenoxy) is 2. The van der Waals surface area contributed by atoms with E-state index >= 15 is 0 Å². The maximum atomic E-state index is 12.5. The van der Waals surface area contributed by atoms with Crippen LogP contribution in [0.15, 0.2) is 30.6 Å². The van der Waals surface area contributed by atoms with Crippen molar-refractivity contribution in [3.63, 3.8) is 0 Å². The number of nitrogens with zero attached hydrogens (tertiary/aromatic N) is 3. The summed E-state index contributed by atoms with van der Waals surface area (Å²) >= 11 is 0. The van der Waals surface area contributed by atoms with Crippen LogP contribution in [0.4, 0.5) is 18.0 Å². The maximum Gasteiger partial charge on any atom is 0.573 e. The van der Waals surface area contributed by atoms with Gasteiger partial charge < -0.3 is 19.5 Å². The van der Waals surface area contributed by atoms with E-state index in [-0.39, 0.29) is 23.4 Å². The van der Waals surface area contributed by atoms with Crippen molar-refractivity contribution in [1.82, 2.24) is 14.7 Å². The van der Waals surface area contributed by atoms with Crippen LogP contribution in [-0.2, 0) is 4.74 Å². The van der Waals surface area contributed by atoms with Crippen LogP contribution >= 0.6 is 0 Å². The Kier molecular flexibility index (Phi) is 5.87. The number of phenols is 1. The number of piperidine rings is 1. The number of carbonyl (C=O) groups excluding carboxylic acids is 1. The monoisotopic (exact) mass is 427 g/mol. The molecule has 0 saturated carbocycles. The molecule has 0 spiro atoms. The number of likely N-dealkylation sites (tertiary alicyclic amines) is 1. The molecule has 7 nitrogen and oxygen atoms in total. The van der Waals surface area contributed by atoms with Crippen molar-refractivity contribution in [2.45, 2.75) is 51.6 Å². The third-order valence-corrected chi connectivity index (χ3v) is 4.60. The minimum Gasteiger partial charge on any atom is -0.507 e. The van der Waals surface area contributed by atoms with Gasteiger partial charge in [0, 0.05) is 30.4 Å². The van der Waals surface area contributed by atoms with Crippen molar-refractivity contribution in [2.75, 3.05) is 13.1 Å². The number of hydrogen-bond acceptors (Lipinski definition) is 5. The molecule has 1 fully saturated rings. The molecule has 0 atom stereocenters. The molecule has 1 aromatic carbocycles. The third-order valence-electron chi connectivity index (χ3n) is 4.60. The molecular formula is C20H24F3N3O4. The van der Waals surface area contributed by atoms with E-state index in [1.165, 1.54) is 6.20 Å². The summed E-state index contributed by atoms with van der Waals surface area (Å²) in [7, 11) is 0. The Hall–Kier alpha value is -2.91. The van der Waals surface area contributed by atoms with Gasteiger partial charge in [-0.2, -0.15) is 5.10 Å². The Bertz CT molecular complexity index is 897. The molecule has 3 rings (SSSR count). The number of aromatic hydroxyl groups is 1. The lowest BCUT2D eigenvalue weighted by Crippen LogP contribution is -2.42. The minimum atomic E-state index is -4.82. The van der Waals surface area contributed by atoms with E-state index in [9.17, 15) is 23.1 Å². The van der Waals surface area contributed by atoms with Crippen LogP contribution < -0.4 is 4.74 Å². The van der Waals surface area contributed by atoms with Crippen LogP contribution in [0.1, 0.15) is 39.7 Å². The molecule has 2 heterocycles. The molecule has 1 aromatic heterocycles. The average molecular weight is 427 g/mol. The largest absolute Gasteiger partial charge is 0.573 e. The summed E-state index contributed by atoms with van der Waals surface area (Å²) in [6, 6.07) is 3.33. The highest BCUT2D eigenvalue weighted by atomic mass is 19.4. The van der Waals surface area contributed by atoms with Gasteiger partial charge in [0.2, 0.25) is 0 Å². The first kappa shape index (κ1) is 21.8.